The highest BCUT2D eigenvalue weighted by atomic mass is 16.5. The first-order valence-electron chi connectivity index (χ1n) is 6.25. The van der Waals surface area contributed by atoms with Crippen molar-refractivity contribution in [1.29, 1.82) is 0 Å². The lowest BCUT2D eigenvalue weighted by Gasteiger charge is -2.27. The Morgan fingerprint density at radius 3 is 2.72 bits per heavy atom. The first-order chi connectivity index (χ1) is 8.65. The maximum Gasteiger partial charge on any atom is 0.232 e. The van der Waals surface area contributed by atoms with Crippen LogP contribution in [0.15, 0.2) is 12.1 Å². The molecule has 0 bridgehead atoms. The van der Waals surface area contributed by atoms with E-state index in [0.29, 0.717) is 23.9 Å². The Hall–Kier alpha value is -1.78. The molecule has 2 heterocycles. The summed E-state index contributed by atoms with van der Waals surface area (Å²) in [7, 11) is 1.58. The number of pyridine rings is 1. The zero-order valence-corrected chi connectivity index (χ0v) is 11.0. The third-order valence-corrected chi connectivity index (χ3v) is 3.76. The fourth-order valence-electron chi connectivity index (χ4n) is 2.20. The summed E-state index contributed by atoms with van der Waals surface area (Å²) >= 11 is 0. The second-order valence-corrected chi connectivity index (χ2v) is 4.54. The van der Waals surface area contributed by atoms with Gasteiger partial charge in [0.15, 0.2) is 5.82 Å². The Labute approximate surface area is 107 Å². The number of nitrogens with zero attached hydrogens (tertiary/aromatic N) is 1. The summed E-state index contributed by atoms with van der Waals surface area (Å²) in [6.07, 6.45) is 1.60. The van der Waals surface area contributed by atoms with Crippen molar-refractivity contribution >= 4 is 17.4 Å². The highest BCUT2D eigenvalue weighted by Gasteiger charge is 2.37. The lowest BCUT2D eigenvalue weighted by Crippen LogP contribution is -2.39. The minimum absolute atomic E-state index is 0.0608. The molecule has 0 unspecified atom stereocenters. The van der Waals surface area contributed by atoms with Crippen LogP contribution in [-0.4, -0.2) is 24.5 Å². The highest BCUT2D eigenvalue weighted by molar-refractivity contribution is 5.99. The van der Waals surface area contributed by atoms with E-state index in [1.165, 1.54) is 0 Å². The Morgan fingerprint density at radius 2 is 2.11 bits per heavy atom. The van der Waals surface area contributed by atoms with Crippen LogP contribution in [0.2, 0.25) is 0 Å². The summed E-state index contributed by atoms with van der Waals surface area (Å²) in [5, 5.41) is 6.20. The third kappa shape index (κ3) is 2.00. The Balaban J connectivity index is 2.35. The predicted octanol–water partition coefficient (Wildman–Crippen LogP) is 2.26. The average Bonchev–Trinajstić information content (AvgIpc) is 2.54. The van der Waals surface area contributed by atoms with E-state index in [9.17, 15) is 4.79 Å². The van der Waals surface area contributed by atoms with Gasteiger partial charge in [-0.15, -0.1) is 0 Å². The van der Waals surface area contributed by atoms with Crippen LogP contribution in [0.3, 0.4) is 0 Å². The Morgan fingerprint density at radius 1 is 1.39 bits per heavy atom. The van der Waals surface area contributed by atoms with Gasteiger partial charge in [0.2, 0.25) is 11.8 Å². The molecule has 0 saturated heterocycles. The van der Waals surface area contributed by atoms with Gasteiger partial charge in [0.25, 0.3) is 0 Å². The molecule has 2 N–H and O–H groups in total. The average molecular weight is 249 g/mol. The lowest BCUT2D eigenvalue weighted by molar-refractivity contribution is -0.125. The molecule has 98 valence electrons. The van der Waals surface area contributed by atoms with E-state index < -0.39 is 0 Å². The zero-order chi connectivity index (χ0) is 13.2. The van der Waals surface area contributed by atoms with E-state index in [4.69, 9.17) is 4.74 Å². The third-order valence-electron chi connectivity index (χ3n) is 3.76. The molecule has 0 aromatic carbocycles. The minimum Gasteiger partial charge on any atom is -0.481 e. The molecule has 2 rings (SSSR count). The summed E-state index contributed by atoms with van der Waals surface area (Å²) in [4.78, 5) is 16.6. The van der Waals surface area contributed by atoms with Gasteiger partial charge >= 0.3 is 0 Å². The van der Waals surface area contributed by atoms with E-state index in [1.807, 2.05) is 19.9 Å². The van der Waals surface area contributed by atoms with Gasteiger partial charge < -0.3 is 15.4 Å². The number of rotatable bonds is 3. The molecular formula is C13H19N3O2. The number of methoxy groups -OCH3 is 1. The van der Waals surface area contributed by atoms with E-state index >= 15 is 0 Å². The van der Waals surface area contributed by atoms with Gasteiger partial charge in [-0.25, -0.2) is 0 Å². The maximum absolute atomic E-state index is 12.3. The number of aromatic nitrogens is 1. The molecule has 1 amide bonds. The summed E-state index contributed by atoms with van der Waals surface area (Å²) in [5.74, 6) is 1.27. The van der Waals surface area contributed by atoms with Crippen LogP contribution in [0.25, 0.3) is 0 Å². The Bertz CT molecular complexity index is 456. The molecule has 0 atom stereocenters. The van der Waals surface area contributed by atoms with Crippen molar-refractivity contribution in [3.05, 3.63) is 12.1 Å². The molecule has 5 nitrogen and oxygen atoms in total. The molecular weight excluding hydrogens is 230 g/mol. The smallest absolute Gasteiger partial charge is 0.232 e. The standard InChI is InChI=1S/C13H19N3O2/c1-4-13(5-2)8-14-11-9(15-12(13)17)6-7-10(16-11)18-3/h6-7H,4-5,8H2,1-3H3,(H,14,16)(H,15,17). The largest absolute Gasteiger partial charge is 0.481 e. The number of fused-ring (bicyclic) bond motifs is 1. The second kappa shape index (κ2) is 4.84. The molecule has 0 spiro atoms. The summed E-state index contributed by atoms with van der Waals surface area (Å²) in [6.45, 7) is 4.67. The maximum atomic E-state index is 12.3. The summed E-state index contributed by atoms with van der Waals surface area (Å²) in [6, 6.07) is 3.55. The number of hydrogen-bond acceptors (Lipinski definition) is 4. The van der Waals surface area contributed by atoms with E-state index in [0.717, 1.165) is 12.8 Å². The quantitative estimate of drug-likeness (QED) is 0.862. The predicted molar refractivity (Wildman–Crippen MR) is 70.9 cm³/mol. The van der Waals surface area contributed by atoms with Gasteiger partial charge in [0.1, 0.15) is 0 Å². The van der Waals surface area contributed by atoms with Crippen LogP contribution >= 0.6 is 0 Å². The van der Waals surface area contributed by atoms with Gasteiger partial charge in [-0.2, -0.15) is 4.98 Å². The number of carbonyl (C=O) groups is 1. The van der Waals surface area contributed by atoms with Crippen molar-refractivity contribution in [2.75, 3.05) is 24.3 Å². The molecule has 1 aromatic heterocycles. The van der Waals surface area contributed by atoms with Gasteiger partial charge in [-0.1, -0.05) is 13.8 Å². The van der Waals surface area contributed by atoms with Crippen molar-refractivity contribution < 1.29 is 9.53 Å². The van der Waals surface area contributed by atoms with Crippen LogP contribution in [0.1, 0.15) is 26.7 Å². The molecule has 0 radical (unpaired) electrons. The molecule has 1 aliphatic rings. The first-order valence-corrected chi connectivity index (χ1v) is 6.25. The number of carbonyl (C=O) groups excluding carboxylic acids is 1. The van der Waals surface area contributed by atoms with E-state index in [1.54, 1.807) is 13.2 Å². The Kier molecular flexibility index (Phi) is 3.41. The van der Waals surface area contributed by atoms with Gasteiger partial charge in [0, 0.05) is 12.6 Å². The molecule has 0 saturated carbocycles. The van der Waals surface area contributed by atoms with E-state index in [2.05, 4.69) is 15.6 Å². The fraction of sp³-hybridized carbons (Fsp3) is 0.538. The van der Waals surface area contributed by atoms with Crippen molar-refractivity contribution in [3.8, 4) is 5.88 Å². The highest BCUT2D eigenvalue weighted by Crippen LogP contribution is 2.34. The van der Waals surface area contributed by atoms with Gasteiger partial charge in [-0.05, 0) is 18.9 Å². The normalized spacial score (nSPS) is 17.2. The number of ether oxygens (including phenoxy) is 1. The van der Waals surface area contributed by atoms with Gasteiger partial charge in [-0.3, -0.25) is 4.79 Å². The number of amides is 1. The van der Waals surface area contributed by atoms with Crippen LogP contribution in [0, 0.1) is 5.41 Å². The van der Waals surface area contributed by atoms with Crippen LogP contribution < -0.4 is 15.4 Å². The number of nitrogens with one attached hydrogen (secondary N) is 2. The number of anilines is 2. The van der Waals surface area contributed by atoms with E-state index in [-0.39, 0.29) is 11.3 Å². The number of hydrogen-bond donors (Lipinski definition) is 2. The minimum atomic E-state index is -0.367. The van der Waals surface area contributed by atoms with Crippen molar-refractivity contribution in [2.45, 2.75) is 26.7 Å². The second-order valence-electron chi connectivity index (χ2n) is 4.54. The molecule has 0 aliphatic carbocycles. The van der Waals surface area contributed by atoms with Gasteiger partial charge in [0.05, 0.1) is 18.2 Å². The molecule has 0 fully saturated rings. The topological polar surface area (TPSA) is 63.3 Å². The monoisotopic (exact) mass is 249 g/mol. The van der Waals surface area contributed by atoms with Crippen LogP contribution in [0.5, 0.6) is 5.88 Å². The molecule has 1 aliphatic heterocycles. The van der Waals surface area contributed by atoms with Crippen molar-refractivity contribution in [3.63, 3.8) is 0 Å². The molecule has 5 heteroatoms. The fourth-order valence-corrected chi connectivity index (χ4v) is 2.20. The van der Waals surface area contributed by atoms with Crippen molar-refractivity contribution in [1.82, 2.24) is 4.98 Å². The zero-order valence-electron chi connectivity index (χ0n) is 11.0. The lowest BCUT2D eigenvalue weighted by atomic mass is 9.81. The van der Waals surface area contributed by atoms with Crippen LogP contribution in [0.4, 0.5) is 11.5 Å². The summed E-state index contributed by atoms with van der Waals surface area (Å²) < 4.78 is 5.09. The van der Waals surface area contributed by atoms with Crippen LogP contribution in [-0.2, 0) is 4.79 Å². The van der Waals surface area contributed by atoms with Crippen molar-refractivity contribution in [2.24, 2.45) is 5.41 Å². The summed E-state index contributed by atoms with van der Waals surface area (Å²) in [5.41, 5.74) is 0.345. The molecule has 18 heavy (non-hydrogen) atoms. The molecule has 1 aromatic rings. The SMILES string of the molecule is CCC1(CC)CNc2nc(OC)ccc2NC1=O. The first kappa shape index (κ1) is 12.7.